The molecule has 3 aromatic rings. The third-order valence-electron chi connectivity index (χ3n) is 4.00. The van der Waals surface area contributed by atoms with Gasteiger partial charge in [-0.2, -0.15) is 19.6 Å². The Morgan fingerprint density at radius 1 is 1.20 bits per heavy atom. The number of aromatic nitrogens is 4. The average Bonchev–Trinajstić information content (AvgIpc) is 2.96. The fraction of sp³-hybridized carbons (Fsp3) is 0.353. The molecule has 0 saturated heterocycles. The summed E-state index contributed by atoms with van der Waals surface area (Å²) in [6.07, 6.45) is 1.26. The Hall–Kier alpha value is -2.28. The molecule has 2 heterocycles. The second kappa shape index (κ2) is 6.55. The van der Waals surface area contributed by atoms with Gasteiger partial charge in [0, 0.05) is 6.02 Å². The van der Waals surface area contributed by atoms with Crippen molar-refractivity contribution >= 4 is 23.2 Å². The topological polar surface area (TPSA) is 55.1 Å². The Bertz CT molecular complexity index is 964. The molecule has 1 atom stereocenters. The number of aryl methyl sites for hydroxylation is 1. The number of fused-ring (bicyclic) bond motifs is 1. The van der Waals surface area contributed by atoms with Gasteiger partial charge in [-0.15, -0.1) is 0 Å². The second-order valence-corrected chi connectivity index (χ2v) is 6.52. The van der Waals surface area contributed by atoms with Crippen LogP contribution in [0.5, 0.6) is 0 Å². The van der Waals surface area contributed by atoms with Crippen LogP contribution in [0.2, 0.25) is 5.15 Å². The molecule has 3 rings (SSSR count). The Labute approximate surface area is 150 Å². The van der Waals surface area contributed by atoms with Gasteiger partial charge in [-0.1, -0.05) is 25.4 Å². The van der Waals surface area contributed by atoms with E-state index in [0.29, 0.717) is 5.56 Å². The van der Waals surface area contributed by atoms with Crippen LogP contribution in [0.1, 0.15) is 27.7 Å². The minimum Gasteiger partial charge on any atom is -0.367 e. The molecule has 25 heavy (non-hydrogen) atoms. The third-order valence-corrected chi connectivity index (χ3v) is 4.27. The normalized spacial score (nSPS) is 14.6. The van der Waals surface area contributed by atoms with Gasteiger partial charge in [-0.05, 0) is 37.5 Å². The molecule has 0 spiro atoms. The van der Waals surface area contributed by atoms with E-state index in [2.05, 4.69) is 20.4 Å². The van der Waals surface area contributed by atoms with Crippen molar-refractivity contribution in [3.05, 3.63) is 40.8 Å². The first kappa shape index (κ1) is 16.2. The zero-order valence-electron chi connectivity index (χ0n) is 15.2. The Morgan fingerprint density at radius 2 is 1.84 bits per heavy atom. The number of anilines is 1. The molecule has 5 nitrogen and oxygen atoms in total. The molecule has 0 aliphatic rings. The summed E-state index contributed by atoms with van der Waals surface area (Å²) in [6, 6.07) is 1.27. The highest BCUT2D eigenvalue weighted by Gasteiger charge is 2.24. The molecule has 0 bridgehead atoms. The van der Waals surface area contributed by atoms with E-state index in [9.17, 15) is 8.78 Å². The van der Waals surface area contributed by atoms with Gasteiger partial charge in [0.2, 0.25) is 0 Å². The molecule has 0 radical (unpaired) electrons. The summed E-state index contributed by atoms with van der Waals surface area (Å²) in [5, 5.41) is 6.92. The van der Waals surface area contributed by atoms with E-state index in [1.54, 1.807) is 13.8 Å². The predicted octanol–water partition coefficient (Wildman–Crippen LogP) is 4.49. The van der Waals surface area contributed by atoms with E-state index in [1.807, 2.05) is 13.8 Å². The lowest BCUT2D eigenvalue weighted by atomic mass is 10.0. The van der Waals surface area contributed by atoms with Crippen molar-refractivity contribution in [2.45, 2.75) is 33.7 Å². The van der Waals surface area contributed by atoms with Crippen LogP contribution in [0.3, 0.4) is 0 Å². The maximum absolute atomic E-state index is 14.6. The lowest BCUT2D eigenvalue weighted by Crippen LogP contribution is -2.24. The molecule has 1 N–H and O–H groups in total. The summed E-state index contributed by atoms with van der Waals surface area (Å²) in [5.74, 6) is -1.34. The van der Waals surface area contributed by atoms with Crippen molar-refractivity contribution in [3.63, 3.8) is 0 Å². The maximum atomic E-state index is 14.6. The summed E-state index contributed by atoms with van der Waals surface area (Å²) in [4.78, 5) is 8.05. The van der Waals surface area contributed by atoms with Crippen molar-refractivity contribution in [1.29, 1.82) is 0 Å². The van der Waals surface area contributed by atoms with Crippen LogP contribution in [-0.2, 0) is 0 Å². The van der Waals surface area contributed by atoms with Gasteiger partial charge in [0.1, 0.15) is 28.9 Å². The first-order valence-electron chi connectivity index (χ1n) is 8.25. The number of nitrogens with one attached hydrogen (secondary N) is 1. The molecule has 1 aromatic carbocycles. The number of halogens is 3. The minimum atomic E-state index is -1.16. The molecule has 0 saturated carbocycles. The van der Waals surface area contributed by atoms with Crippen LogP contribution in [-0.4, -0.2) is 25.6 Å². The first-order chi connectivity index (χ1) is 12.1. The first-order valence-corrected chi connectivity index (χ1v) is 8.13. The molecule has 2 aromatic heterocycles. The van der Waals surface area contributed by atoms with Gasteiger partial charge in [0.05, 0.1) is 12.5 Å². The Kier molecular flexibility index (Phi) is 4.25. The zero-order chi connectivity index (χ0) is 19.2. The summed E-state index contributed by atoms with van der Waals surface area (Å²) < 4.78 is 39.0. The molecular formula is C17H18ClF2N5. The molecule has 0 aliphatic carbocycles. The van der Waals surface area contributed by atoms with E-state index in [0.717, 1.165) is 0 Å². The largest absolute Gasteiger partial charge is 0.367 e. The highest BCUT2D eigenvalue weighted by atomic mass is 35.5. The fourth-order valence-electron chi connectivity index (χ4n) is 2.42. The predicted molar refractivity (Wildman–Crippen MR) is 93.8 cm³/mol. The van der Waals surface area contributed by atoms with Crippen molar-refractivity contribution in [2.24, 2.45) is 5.92 Å². The SMILES string of the molecule is [2H][C@](C)(Nc1c(-c2c(F)cc(C)cc2F)c(Cl)nc2ncnn12)C(C)C. The van der Waals surface area contributed by atoms with E-state index in [1.165, 1.54) is 23.0 Å². The quantitative estimate of drug-likeness (QED) is 0.691. The average molecular weight is 367 g/mol. The minimum absolute atomic E-state index is 0.00112. The summed E-state index contributed by atoms with van der Waals surface area (Å²) in [6.45, 7) is 6.96. The molecule has 132 valence electrons. The van der Waals surface area contributed by atoms with Gasteiger partial charge >= 0.3 is 0 Å². The Morgan fingerprint density at radius 3 is 2.44 bits per heavy atom. The second-order valence-electron chi connectivity index (χ2n) is 6.16. The van der Waals surface area contributed by atoms with Crippen LogP contribution >= 0.6 is 11.6 Å². The van der Waals surface area contributed by atoms with Gasteiger partial charge in [-0.25, -0.2) is 8.78 Å². The maximum Gasteiger partial charge on any atom is 0.255 e. The highest BCUT2D eigenvalue weighted by Crippen LogP contribution is 2.38. The van der Waals surface area contributed by atoms with E-state index < -0.39 is 17.7 Å². The zero-order valence-corrected chi connectivity index (χ0v) is 15.0. The molecular weight excluding hydrogens is 348 g/mol. The van der Waals surface area contributed by atoms with Crippen LogP contribution in [0, 0.1) is 24.5 Å². The van der Waals surface area contributed by atoms with Gasteiger partial charge < -0.3 is 5.32 Å². The molecule has 0 aliphatic heterocycles. The number of nitrogens with zero attached hydrogens (tertiary/aromatic N) is 4. The van der Waals surface area contributed by atoms with E-state index >= 15 is 0 Å². The molecule has 0 amide bonds. The van der Waals surface area contributed by atoms with Crippen molar-refractivity contribution in [2.75, 3.05) is 5.32 Å². The van der Waals surface area contributed by atoms with Gasteiger partial charge in [0.25, 0.3) is 5.78 Å². The summed E-state index contributed by atoms with van der Waals surface area (Å²) in [7, 11) is 0. The van der Waals surface area contributed by atoms with Crippen LogP contribution < -0.4 is 5.32 Å². The van der Waals surface area contributed by atoms with Crippen molar-refractivity contribution in [3.8, 4) is 11.1 Å². The number of benzene rings is 1. The molecule has 0 fully saturated rings. The fourth-order valence-corrected chi connectivity index (χ4v) is 2.68. The van der Waals surface area contributed by atoms with Crippen LogP contribution in [0.15, 0.2) is 18.5 Å². The number of rotatable bonds is 4. The van der Waals surface area contributed by atoms with Crippen molar-refractivity contribution in [1.82, 2.24) is 19.6 Å². The van der Waals surface area contributed by atoms with Gasteiger partial charge in [-0.3, -0.25) is 0 Å². The van der Waals surface area contributed by atoms with E-state index in [4.69, 9.17) is 13.0 Å². The highest BCUT2D eigenvalue weighted by molar-refractivity contribution is 6.33. The standard InChI is InChI=1S/C17H18ClF2N5/c1-8(2)10(4)23-16-14(13-11(19)5-9(3)6-12(13)20)15(18)24-17-21-7-22-25(16)17/h5-8,10,23H,1-4H3/t10-/m1/s1/i10D. The monoisotopic (exact) mass is 366 g/mol. The smallest absolute Gasteiger partial charge is 0.255 e. The van der Waals surface area contributed by atoms with Gasteiger partial charge in [0.15, 0.2) is 0 Å². The van der Waals surface area contributed by atoms with E-state index in [-0.39, 0.29) is 33.8 Å². The molecule has 8 heteroatoms. The number of hydrogen-bond acceptors (Lipinski definition) is 4. The van der Waals surface area contributed by atoms with Crippen LogP contribution in [0.25, 0.3) is 16.9 Å². The lowest BCUT2D eigenvalue weighted by Gasteiger charge is -2.22. The number of hydrogen-bond donors (Lipinski definition) is 1. The summed E-state index contributed by atoms with van der Waals surface area (Å²) in [5.41, 5.74) is 0.114. The molecule has 0 unspecified atom stereocenters. The van der Waals surface area contributed by atoms with Crippen molar-refractivity contribution < 1.29 is 10.2 Å². The Balaban J connectivity index is 2.36. The summed E-state index contributed by atoms with van der Waals surface area (Å²) >= 11 is 6.27. The lowest BCUT2D eigenvalue weighted by molar-refractivity contribution is 0.556. The third kappa shape index (κ3) is 3.16. The van der Waals surface area contributed by atoms with Crippen LogP contribution in [0.4, 0.5) is 14.6 Å².